The Morgan fingerprint density at radius 1 is 1.00 bits per heavy atom. The highest BCUT2D eigenvalue weighted by Gasteiger charge is 2.30. The Labute approximate surface area is 200 Å². The minimum Gasteiger partial charge on any atom is -0.480 e. The topological polar surface area (TPSA) is 105 Å². The maximum atomic E-state index is 12.8. The number of unbranched alkanes of at least 4 members (excludes halogenated alkanes) is 1. The monoisotopic (exact) mass is 466 g/mol. The van der Waals surface area contributed by atoms with Gasteiger partial charge in [-0.05, 0) is 34.6 Å². The fourth-order valence-corrected chi connectivity index (χ4v) is 4.42. The van der Waals surface area contributed by atoms with E-state index in [-0.39, 0.29) is 30.9 Å². The molecule has 7 heteroatoms. The van der Waals surface area contributed by atoms with Crippen LogP contribution in [-0.2, 0) is 14.3 Å². The number of ether oxygens (including phenoxy) is 1. The number of nitrogens with one attached hydrogen (secondary N) is 2. The number of carbonyl (C=O) groups excluding carboxylic acids is 2. The number of rotatable bonds is 11. The first-order chi connectivity index (χ1) is 16.3. The summed E-state index contributed by atoms with van der Waals surface area (Å²) in [6.07, 6.45) is 1.33. The number of hydrogen-bond acceptors (Lipinski definition) is 4. The molecular weight excluding hydrogens is 432 g/mol. The van der Waals surface area contributed by atoms with Crippen LogP contribution < -0.4 is 10.6 Å². The summed E-state index contributed by atoms with van der Waals surface area (Å²) in [6.45, 7) is 5.96. The third-order valence-corrected chi connectivity index (χ3v) is 6.41. The van der Waals surface area contributed by atoms with Crippen molar-refractivity contribution in [3.63, 3.8) is 0 Å². The van der Waals surface area contributed by atoms with Gasteiger partial charge in [-0.1, -0.05) is 82.1 Å². The van der Waals surface area contributed by atoms with Crippen molar-refractivity contribution >= 4 is 18.0 Å². The van der Waals surface area contributed by atoms with E-state index in [9.17, 15) is 19.5 Å². The van der Waals surface area contributed by atoms with Crippen molar-refractivity contribution in [3.05, 3.63) is 59.7 Å². The standard InChI is InChI=1S/C27H34N2O5/c1-4-5-14-24(26(31)32)29-25(30)22(17(2)3)15-28-27(33)34-16-23-20-12-8-6-10-18(20)19-11-7-9-13-21(19)23/h6-13,17,22-24H,4-5,14-16H2,1-3H3,(H,28,33)(H,29,30)(H,31,32)/t22?,24-/m0/s1. The molecule has 2 amide bonds. The number of fused-ring (bicyclic) bond motifs is 3. The molecule has 3 N–H and O–H groups in total. The van der Waals surface area contributed by atoms with Gasteiger partial charge in [0.2, 0.25) is 5.91 Å². The zero-order chi connectivity index (χ0) is 24.7. The van der Waals surface area contributed by atoms with Crippen molar-refractivity contribution in [2.24, 2.45) is 11.8 Å². The van der Waals surface area contributed by atoms with E-state index in [1.54, 1.807) is 0 Å². The number of alkyl carbamates (subject to hydrolysis) is 1. The third-order valence-electron chi connectivity index (χ3n) is 6.41. The van der Waals surface area contributed by atoms with Crippen LogP contribution >= 0.6 is 0 Å². The van der Waals surface area contributed by atoms with Crippen molar-refractivity contribution in [2.75, 3.05) is 13.2 Å². The van der Waals surface area contributed by atoms with Crippen LogP contribution in [0.2, 0.25) is 0 Å². The fraction of sp³-hybridized carbons (Fsp3) is 0.444. The summed E-state index contributed by atoms with van der Waals surface area (Å²) in [4.78, 5) is 36.7. The fourth-order valence-electron chi connectivity index (χ4n) is 4.42. The smallest absolute Gasteiger partial charge is 0.407 e. The average molecular weight is 467 g/mol. The number of amides is 2. The van der Waals surface area contributed by atoms with Gasteiger partial charge in [-0.2, -0.15) is 0 Å². The van der Waals surface area contributed by atoms with Gasteiger partial charge in [-0.15, -0.1) is 0 Å². The summed E-state index contributed by atoms with van der Waals surface area (Å²) in [5, 5.41) is 14.7. The Kier molecular flexibility index (Phi) is 8.68. The van der Waals surface area contributed by atoms with E-state index in [0.717, 1.165) is 28.7 Å². The van der Waals surface area contributed by atoms with Crippen molar-refractivity contribution < 1.29 is 24.2 Å². The Hall–Kier alpha value is -3.35. The summed E-state index contributed by atoms with van der Waals surface area (Å²) in [5.74, 6) is -2.12. The lowest BCUT2D eigenvalue weighted by Gasteiger charge is -2.23. The minimum atomic E-state index is -1.05. The van der Waals surface area contributed by atoms with Gasteiger partial charge in [0.1, 0.15) is 12.6 Å². The summed E-state index contributed by atoms with van der Waals surface area (Å²) >= 11 is 0. The normalized spacial score (nSPS) is 14.1. The summed E-state index contributed by atoms with van der Waals surface area (Å²) in [7, 11) is 0. The Bertz CT molecular complexity index is 974. The number of carboxylic acids is 1. The molecule has 2 aromatic rings. The second-order valence-corrected chi connectivity index (χ2v) is 9.10. The molecule has 0 fully saturated rings. The van der Waals surface area contributed by atoms with Crippen LogP contribution in [0.4, 0.5) is 4.79 Å². The van der Waals surface area contributed by atoms with Crippen LogP contribution in [0.5, 0.6) is 0 Å². The maximum absolute atomic E-state index is 12.8. The molecule has 0 saturated carbocycles. The van der Waals surface area contributed by atoms with Gasteiger partial charge in [0, 0.05) is 12.5 Å². The Balaban J connectivity index is 1.57. The number of aliphatic carboxylic acids is 1. The molecule has 1 unspecified atom stereocenters. The molecule has 0 aliphatic heterocycles. The molecule has 34 heavy (non-hydrogen) atoms. The van der Waals surface area contributed by atoms with Gasteiger partial charge in [0.15, 0.2) is 0 Å². The second kappa shape index (κ2) is 11.7. The predicted molar refractivity (Wildman–Crippen MR) is 130 cm³/mol. The van der Waals surface area contributed by atoms with Crippen LogP contribution in [0, 0.1) is 11.8 Å². The van der Waals surface area contributed by atoms with Crippen LogP contribution in [0.3, 0.4) is 0 Å². The van der Waals surface area contributed by atoms with Gasteiger partial charge in [-0.25, -0.2) is 9.59 Å². The van der Waals surface area contributed by atoms with Crippen LogP contribution in [0.1, 0.15) is 57.1 Å². The second-order valence-electron chi connectivity index (χ2n) is 9.10. The number of carbonyl (C=O) groups is 3. The molecule has 3 rings (SSSR count). The molecule has 7 nitrogen and oxygen atoms in total. The van der Waals surface area contributed by atoms with E-state index in [1.165, 1.54) is 0 Å². The van der Waals surface area contributed by atoms with E-state index in [2.05, 4.69) is 34.9 Å². The largest absolute Gasteiger partial charge is 0.480 e. The van der Waals surface area contributed by atoms with E-state index in [4.69, 9.17) is 4.74 Å². The van der Waals surface area contributed by atoms with Crippen LogP contribution in [0.25, 0.3) is 11.1 Å². The molecule has 0 aromatic heterocycles. The highest BCUT2D eigenvalue weighted by Crippen LogP contribution is 2.44. The highest BCUT2D eigenvalue weighted by atomic mass is 16.5. The van der Waals surface area contributed by atoms with E-state index in [1.807, 2.05) is 45.0 Å². The first-order valence-electron chi connectivity index (χ1n) is 12.0. The molecule has 1 aliphatic carbocycles. The van der Waals surface area contributed by atoms with Gasteiger partial charge in [0.25, 0.3) is 0 Å². The first kappa shape index (κ1) is 25.3. The SMILES string of the molecule is CCCC[C@H](NC(=O)C(CNC(=O)OCC1c2ccccc2-c2ccccc21)C(C)C)C(=O)O. The van der Waals surface area contributed by atoms with Crippen molar-refractivity contribution in [2.45, 2.75) is 52.0 Å². The number of carboxylic acid groups (broad SMARTS) is 1. The van der Waals surface area contributed by atoms with Crippen molar-refractivity contribution in [1.29, 1.82) is 0 Å². The molecule has 2 atom stereocenters. The van der Waals surface area contributed by atoms with Crippen molar-refractivity contribution in [1.82, 2.24) is 10.6 Å². The molecule has 0 bridgehead atoms. The summed E-state index contributed by atoms with van der Waals surface area (Å²) in [5.41, 5.74) is 4.56. The van der Waals surface area contributed by atoms with Gasteiger partial charge in [-0.3, -0.25) is 4.79 Å². The van der Waals surface area contributed by atoms with Crippen molar-refractivity contribution in [3.8, 4) is 11.1 Å². The van der Waals surface area contributed by atoms with E-state index >= 15 is 0 Å². The maximum Gasteiger partial charge on any atom is 0.407 e. The minimum absolute atomic E-state index is 0.0442. The lowest BCUT2D eigenvalue weighted by molar-refractivity contribution is -0.143. The summed E-state index contributed by atoms with van der Waals surface area (Å²) in [6, 6.07) is 15.3. The molecule has 182 valence electrons. The zero-order valence-corrected chi connectivity index (χ0v) is 20.0. The number of benzene rings is 2. The third kappa shape index (κ3) is 5.95. The molecule has 0 saturated heterocycles. The quantitative estimate of drug-likeness (QED) is 0.450. The van der Waals surface area contributed by atoms with Gasteiger partial charge >= 0.3 is 12.1 Å². The zero-order valence-electron chi connectivity index (χ0n) is 20.0. The highest BCUT2D eigenvalue weighted by molar-refractivity contribution is 5.85. The molecule has 0 radical (unpaired) electrons. The first-order valence-corrected chi connectivity index (χ1v) is 12.0. The summed E-state index contributed by atoms with van der Waals surface area (Å²) < 4.78 is 5.55. The average Bonchev–Trinajstić information content (AvgIpc) is 3.14. The predicted octanol–water partition coefficient (Wildman–Crippen LogP) is 4.56. The Morgan fingerprint density at radius 2 is 1.59 bits per heavy atom. The van der Waals surface area contributed by atoms with E-state index < -0.39 is 24.0 Å². The molecular formula is C27H34N2O5. The number of hydrogen-bond donors (Lipinski definition) is 3. The van der Waals surface area contributed by atoms with E-state index in [0.29, 0.717) is 12.8 Å². The molecule has 0 heterocycles. The Morgan fingerprint density at radius 3 is 2.12 bits per heavy atom. The lowest BCUT2D eigenvalue weighted by Crippen LogP contribution is -2.47. The van der Waals surface area contributed by atoms with Gasteiger partial charge < -0.3 is 20.5 Å². The van der Waals surface area contributed by atoms with Gasteiger partial charge in [0.05, 0.1) is 5.92 Å². The molecule has 2 aromatic carbocycles. The van der Waals surface area contributed by atoms with Crippen LogP contribution in [-0.4, -0.2) is 42.3 Å². The molecule has 1 aliphatic rings. The molecule has 0 spiro atoms. The lowest BCUT2D eigenvalue weighted by atomic mass is 9.94. The van der Waals surface area contributed by atoms with Crippen LogP contribution in [0.15, 0.2) is 48.5 Å².